The first-order chi connectivity index (χ1) is 21.5. The molecule has 1 aliphatic rings. The lowest BCUT2D eigenvalue weighted by Crippen LogP contribution is -2.45. The molecule has 0 saturated carbocycles. The van der Waals surface area contributed by atoms with Gasteiger partial charge in [0.15, 0.2) is 22.8 Å². The van der Waals surface area contributed by atoms with Crippen LogP contribution in [-0.4, -0.2) is 84.8 Å². The van der Waals surface area contributed by atoms with E-state index in [9.17, 15) is 38.3 Å². The fraction of sp³-hybridized carbons (Fsp3) is 0.286. The number of esters is 1. The average Bonchev–Trinajstić information content (AvgIpc) is 2.96. The molecule has 0 aliphatic carbocycles. The molecule has 1 aromatic heterocycles. The predicted octanol–water partition coefficient (Wildman–Crippen LogP) is 3.71. The Bertz CT molecular complexity index is 1720. The van der Waals surface area contributed by atoms with Crippen molar-refractivity contribution in [3.8, 4) is 17.0 Å². The van der Waals surface area contributed by atoms with Gasteiger partial charge in [0.1, 0.15) is 5.69 Å². The number of nitrogens with one attached hydrogen (secondary N) is 1. The van der Waals surface area contributed by atoms with Crippen molar-refractivity contribution in [2.24, 2.45) is 0 Å². The quantitative estimate of drug-likeness (QED) is 0.0793. The standard InChI is InChI=1S/C28H31ClFN5O9P2/c1-3-20(36)12-17-5-4-6-18(11-17)26-21(29)16-31-28(33-26)32-19-13-22(30)27(35-9-7-34(2)8-10-35)23(14-19)44-24(37)15-25(45(38,39)40)46(41,42)43/h3-6,11,13-14,16,25H,1,7-10,12,15H2,2H3,(H,31,32,33)(H2,38,39,40)(H2,41,42,43). The second-order valence-electron chi connectivity index (χ2n) is 10.5. The van der Waals surface area contributed by atoms with Crippen LogP contribution in [0.4, 0.5) is 21.7 Å². The maximum absolute atomic E-state index is 15.7. The molecule has 3 aromatic rings. The van der Waals surface area contributed by atoms with Crippen molar-refractivity contribution in [2.75, 3.05) is 43.4 Å². The molecule has 1 aliphatic heterocycles. The minimum atomic E-state index is -5.43. The van der Waals surface area contributed by atoms with Crippen LogP contribution in [0.15, 0.2) is 55.3 Å². The van der Waals surface area contributed by atoms with E-state index in [-0.39, 0.29) is 40.3 Å². The lowest BCUT2D eigenvalue weighted by Gasteiger charge is -2.35. The highest BCUT2D eigenvalue weighted by Crippen LogP contribution is 2.61. The van der Waals surface area contributed by atoms with Crippen molar-refractivity contribution in [2.45, 2.75) is 18.2 Å². The van der Waals surface area contributed by atoms with E-state index >= 15 is 4.39 Å². The van der Waals surface area contributed by atoms with Gasteiger partial charge in [0.2, 0.25) is 5.95 Å². The van der Waals surface area contributed by atoms with Crippen molar-refractivity contribution in [3.05, 3.63) is 71.7 Å². The third-order valence-electron chi connectivity index (χ3n) is 7.00. The number of ketones is 1. The van der Waals surface area contributed by atoms with Gasteiger partial charge in [0.05, 0.1) is 23.3 Å². The fourth-order valence-electron chi connectivity index (χ4n) is 4.67. The molecule has 246 valence electrons. The summed E-state index contributed by atoms with van der Waals surface area (Å²) in [4.78, 5) is 74.6. The summed E-state index contributed by atoms with van der Waals surface area (Å²) >= 11 is 6.38. The van der Waals surface area contributed by atoms with E-state index in [1.54, 1.807) is 29.2 Å². The number of carbonyl (C=O) groups excluding carboxylic acids is 2. The highest BCUT2D eigenvalue weighted by Gasteiger charge is 2.45. The van der Waals surface area contributed by atoms with Crippen molar-refractivity contribution >= 4 is 55.9 Å². The maximum atomic E-state index is 15.7. The number of anilines is 3. The maximum Gasteiger partial charge on any atom is 0.341 e. The number of likely N-dealkylation sites (N-methyl/N-ethyl adjacent to an activating group) is 1. The molecule has 0 amide bonds. The number of hydrogen-bond acceptors (Lipinski definition) is 10. The molecule has 0 bridgehead atoms. The number of piperazine rings is 1. The van der Waals surface area contributed by atoms with Crippen LogP contribution >= 0.6 is 26.8 Å². The molecule has 18 heteroatoms. The molecule has 4 rings (SSSR count). The molecular weight excluding hydrogens is 667 g/mol. The zero-order valence-corrected chi connectivity index (χ0v) is 27.0. The molecule has 2 heterocycles. The molecule has 46 heavy (non-hydrogen) atoms. The molecule has 0 radical (unpaired) electrons. The van der Waals surface area contributed by atoms with Gasteiger partial charge in [-0.2, -0.15) is 0 Å². The number of rotatable bonds is 12. The van der Waals surface area contributed by atoms with Gasteiger partial charge in [-0.3, -0.25) is 18.7 Å². The molecule has 0 atom stereocenters. The van der Waals surface area contributed by atoms with Crippen LogP contribution in [-0.2, 0) is 25.1 Å². The first kappa shape index (κ1) is 35.3. The number of ether oxygens (including phenoxy) is 1. The third-order valence-corrected chi connectivity index (χ3v) is 11.0. The largest absolute Gasteiger partial charge is 0.424 e. The smallest absolute Gasteiger partial charge is 0.341 e. The first-order valence-electron chi connectivity index (χ1n) is 13.7. The normalized spacial score (nSPS) is 14.3. The molecule has 1 fully saturated rings. The number of aromatic nitrogens is 2. The molecule has 0 spiro atoms. The van der Waals surface area contributed by atoms with Gasteiger partial charge in [0.25, 0.3) is 0 Å². The number of halogens is 2. The Morgan fingerprint density at radius 3 is 2.43 bits per heavy atom. The topological polar surface area (TPSA) is 203 Å². The zero-order chi connectivity index (χ0) is 33.8. The Morgan fingerprint density at radius 1 is 1.13 bits per heavy atom. The van der Waals surface area contributed by atoms with E-state index < -0.39 is 38.8 Å². The van der Waals surface area contributed by atoms with E-state index in [0.29, 0.717) is 43.0 Å². The van der Waals surface area contributed by atoms with Crippen molar-refractivity contribution < 1.29 is 47.4 Å². The third kappa shape index (κ3) is 9.05. The summed E-state index contributed by atoms with van der Waals surface area (Å²) < 4.78 is 44.5. The molecule has 14 nitrogen and oxygen atoms in total. The van der Waals surface area contributed by atoms with Gasteiger partial charge in [-0.25, -0.2) is 14.4 Å². The van der Waals surface area contributed by atoms with E-state index in [1.165, 1.54) is 18.3 Å². The Hall–Kier alpha value is -3.52. The van der Waals surface area contributed by atoms with Crippen LogP contribution in [0, 0.1) is 5.82 Å². The van der Waals surface area contributed by atoms with Crippen molar-refractivity contribution in [1.29, 1.82) is 0 Å². The van der Waals surface area contributed by atoms with Gasteiger partial charge in [-0.15, -0.1) is 0 Å². The van der Waals surface area contributed by atoms with Crippen molar-refractivity contribution in [1.82, 2.24) is 14.9 Å². The molecule has 5 N–H and O–H groups in total. The van der Waals surface area contributed by atoms with Crippen LogP contribution in [0.2, 0.25) is 5.02 Å². The van der Waals surface area contributed by atoms with Gasteiger partial charge in [-0.05, 0) is 30.8 Å². The number of hydrogen-bond donors (Lipinski definition) is 5. The molecular formula is C28H31ClFN5O9P2. The van der Waals surface area contributed by atoms with Gasteiger partial charge < -0.3 is 39.4 Å². The van der Waals surface area contributed by atoms with E-state index in [2.05, 4.69) is 21.9 Å². The summed E-state index contributed by atoms with van der Waals surface area (Å²) in [6.07, 6.45) is 1.32. The highest BCUT2D eigenvalue weighted by atomic mass is 35.5. The number of benzene rings is 2. The second-order valence-corrected chi connectivity index (χ2v) is 14.9. The Kier molecular flexibility index (Phi) is 11.1. The van der Waals surface area contributed by atoms with Crippen molar-refractivity contribution in [3.63, 3.8) is 0 Å². The number of allylic oxidation sites excluding steroid dienone is 1. The first-order valence-corrected chi connectivity index (χ1v) is 17.4. The second kappa shape index (κ2) is 14.5. The van der Waals surface area contributed by atoms with Crippen LogP contribution in [0.3, 0.4) is 0 Å². The summed E-state index contributed by atoms with van der Waals surface area (Å²) in [5.74, 6) is -2.79. The summed E-state index contributed by atoms with van der Waals surface area (Å²) in [6, 6.07) is 9.28. The summed E-state index contributed by atoms with van der Waals surface area (Å²) in [7, 11) is -8.98. The number of nitrogens with zero attached hydrogens (tertiary/aromatic N) is 4. The molecule has 1 saturated heterocycles. The molecule has 0 unspecified atom stereocenters. The summed E-state index contributed by atoms with van der Waals surface area (Å²) in [5, 5.41) is 0.373. The number of carbonyl (C=O) groups is 2. The van der Waals surface area contributed by atoms with E-state index in [4.69, 9.17) is 16.3 Å². The fourth-order valence-corrected chi connectivity index (χ4v) is 7.21. The van der Waals surface area contributed by atoms with Crippen LogP contribution < -0.4 is 15.0 Å². The predicted molar refractivity (Wildman–Crippen MR) is 169 cm³/mol. The Morgan fingerprint density at radius 2 is 1.80 bits per heavy atom. The average molecular weight is 698 g/mol. The zero-order valence-electron chi connectivity index (χ0n) is 24.4. The monoisotopic (exact) mass is 697 g/mol. The lowest BCUT2D eigenvalue weighted by atomic mass is 10.0. The van der Waals surface area contributed by atoms with Crippen LogP contribution in [0.5, 0.6) is 5.75 Å². The summed E-state index contributed by atoms with van der Waals surface area (Å²) in [6.45, 7) is 5.27. The van der Waals surface area contributed by atoms with Crippen LogP contribution in [0.25, 0.3) is 11.3 Å². The van der Waals surface area contributed by atoms with E-state index in [1.807, 2.05) is 11.9 Å². The minimum absolute atomic E-state index is 0.0123. The summed E-state index contributed by atoms with van der Waals surface area (Å²) in [5.41, 5.74) is 1.45. The van der Waals surface area contributed by atoms with Crippen LogP contribution in [0.1, 0.15) is 12.0 Å². The Balaban J connectivity index is 1.68. The van der Waals surface area contributed by atoms with E-state index in [0.717, 1.165) is 6.07 Å². The van der Waals surface area contributed by atoms with Gasteiger partial charge >= 0.3 is 21.2 Å². The Labute approximate surface area is 268 Å². The highest BCUT2D eigenvalue weighted by molar-refractivity contribution is 7.70. The lowest BCUT2D eigenvalue weighted by molar-refractivity contribution is -0.134. The van der Waals surface area contributed by atoms with Gasteiger partial charge in [0, 0.05) is 49.9 Å². The minimum Gasteiger partial charge on any atom is -0.424 e. The SMILES string of the molecule is C=CC(=O)Cc1cccc(-c2nc(Nc3cc(F)c(N4CCN(C)CC4)c(OC(=O)CC(P(=O)(O)O)P(=O)(O)O)c3)ncc2Cl)c1. The molecule has 2 aromatic carbocycles. The van der Waals surface area contributed by atoms with Gasteiger partial charge in [-0.1, -0.05) is 36.4 Å².